The highest BCUT2D eigenvalue weighted by atomic mass is 16.5. The van der Waals surface area contributed by atoms with E-state index in [9.17, 15) is 14.4 Å². The van der Waals surface area contributed by atoms with E-state index in [0.29, 0.717) is 22.1 Å². The SMILES string of the molecule is COC(=O)c1coc2cc3c(cc12)C(=O)c1ccccc1C3=O. The number of rotatable bonds is 1. The van der Waals surface area contributed by atoms with E-state index >= 15 is 0 Å². The number of carbonyl (C=O) groups is 3. The molecule has 0 N–H and O–H groups in total. The van der Waals surface area contributed by atoms with Crippen LogP contribution < -0.4 is 0 Å². The molecule has 1 aliphatic rings. The van der Waals surface area contributed by atoms with Crippen LogP contribution in [0.15, 0.2) is 47.1 Å². The van der Waals surface area contributed by atoms with Crippen LogP contribution >= 0.6 is 0 Å². The molecule has 3 aromatic rings. The van der Waals surface area contributed by atoms with E-state index in [1.165, 1.54) is 25.5 Å². The van der Waals surface area contributed by atoms with Crippen LogP contribution in [0.3, 0.4) is 0 Å². The van der Waals surface area contributed by atoms with Gasteiger partial charge in [-0.25, -0.2) is 4.79 Å². The van der Waals surface area contributed by atoms with Crippen LogP contribution in [0.4, 0.5) is 0 Å². The van der Waals surface area contributed by atoms with E-state index in [1.54, 1.807) is 24.3 Å². The van der Waals surface area contributed by atoms with E-state index in [4.69, 9.17) is 9.15 Å². The van der Waals surface area contributed by atoms with Gasteiger partial charge in [0.2, 0.25) is 0 Å². The average Bonchev–Trinajstić information content (AvgIpc) is 3.00. The van der Waals surface area contributed by atoms with Gasteiger partial charge in [-0.1, -0.05) is 24.3 Å². The van der Waals surface area contributed by atoms with Crippen LogP contribution in [0.2, 0.25) is 0 Å². The number of ether oxygens (including phenoxy) is 1. The van der Waals surface area contributed by atoms with Gasteiger partial charge in [-0.15, -0.1) is 0 Å². The van der Waals surface area contributed by atoms with Crippen molar-refractivity contribution in [3.05, 3.63) is 70.5 Å². The highest BCUT2D eigenvalue weighted by Gasteiger charge is 2.31. The van der Waals surface area contributed by atoms with Crippen molar-refractivity contribution in [3.63, 3.8) is 0 Å². The van der Waals surface area contributed by atoms with Crippen molar-refractivity contribution < 1.29 is 23.5 Å². The summed E-state index contributed by atoms with van der Waals surface area (Å²) in [5, 5.41) is 0.455. The minimum absolute atomic E-state index is 0.226. The number of ketones is 2. The maximum absolute atomic E-state index is 12.7. The van der Waals surface area contributed by atoms with Crippen molar-refractivity contribution in [2.45, 2.75) is 0 Å². The third-order valence-corrected chi connectivity index (χ3v) is 4.02. The largest absolute Gasteiger partial charge is 0.465 e. The van der Waals surface area contributed by atoms with Gasteiger partial charge >= 0.3 is 5.97 Å². The summed E-state index contributed by atoms with van der Waals surface area (Å²) < 4.78 is 10.0. The highest BCUT2D eigenvalue weighted by Crippen LogP contribution is 2.32. The fourth-order valence-corrected chi connectivity index (χ4v) is 2.89. The summed E-state index contributed by atoms with van der Waals surface area (Å²) in [6.07, 6.45) is 1.27. The number of hydrogen-bond donors (Lipinski definition) is 0. The molecule has 0 amide bonds. The Morgan fingerprint density at radius 1 is 0.957 bits per heavy atom. The molecule has 112 valence electrons. The lowest BCUT2D eigenvalue weighted by Crippen LogP contribution is -2.20. The molecule has 0 aliphatic heterocycles. The third-order valence-electron chi connectivity index (χ3n) is 4.02. The Bertz CT molecular complexity index is 1010. The van der Waals surface area contributed by atoms with Crippen molar-refractivity contribution in [2.24, 2.45) is 0 Å². The van der Waals surface area contributed by atoms with Crippen molar-refractivity contribution in [3.8, 4) is 0 Å². The molecular formula is C18H10O5. The molecule has 0 saturated carbocycles. The first-order chi connectivity index (χ1) is 11.1. The molecule has 23 heavy (non-hydrogen) atoms. The molecule has 0 fully saturated rings. The zero-order chi connectivity index (χ0) is 16.1. The summed E-state index contributed by atoms with van der Waals surface area (Å²) in [7, 11) is 1.27. The van der Waals surface area contributed by atoms with E-state index < -0.39 is 5.97 Å². The number of furan rings is 1. The maximum Gasteiger partial charge on any atom is 0.341 e. The fourth-order valence-electron chi connectivity index (χ4n) is 2.89. The molecule has 0 radical (unpaired) electrons. The summed E-state index contributed by atoms with van der Waals surface area (Å²) in [5.41, 5.74) is 1.89. The molecule has 5 heteroatoms. The predicted octanol–water partition coefficient (Wildman–Crippen LogP) is 2.99. The summed E-state index contributed by atoms with van der Waals surface area (Å²) in [6.45, 7) is 0. The number of carbonyl (C=O) groups excluding carboxylic acids is 3. The summed E-state index contributed by atoms with van der Waals surface area (Å²) in [4.78, 5) is 37.0. The van der Waals surface area contributed by atoms with Gasteiger partial charge in [0, 0.05) is 27.6 Å². The molecule has 1 aliphatic carbocycles. The maximum atomic E-state index is 12.7. The molecule has 2 aromatic carbocycles. The van der Waals surface area contributed by atoms with Crippen LogP contribution in [0.25, 0.3) is 11.0 Å². The average molecular weight is 306 g/mol. The second-order valence-electron chi connectivity index (χ2n) is 5.24. The minimum atomic E-state index is -0.557. The molecule has 0 bridgehead atoms. The molecule has 0 spiro atoms. The van der Waals surface area contributed by atoms with Crippen molar-refractivity contribution in [1.29, 1.82) is 0 Å². The third kappa shape index (κ3) is 1.76. The van der Waals surface area contributed by atoms with Gasteiger partial charge in [-0.05, 0) is 12.1 Å². The normalized spacial score (nSPS) is 12.9. The fraction of sp³-hybridized carbons (Fsp3) is 0.0556. The van der Waals surface area contributed by atoms with Gasteiger partial charge in [0.15, 0.2) is 11.6 Å². The zero-order valence-corrected chi connectivity index (χ0v) is 12.1. The molecule has 1 heterocycles. The molecule has 0 atom stereocenters. The number of methoxy groups -OCH3 is 1. The second-order valence-corrected chi connectivity index (χ2v) is 5.24. The Morgan fingerprint density at radius 3 is 2.17 bits per heavy atom. The first-order valence-electron chi connectivity index (χ1n) is 6.94. The Balaban J connectivity index is 2.01. The Labute approximate surface area is 130 Å². The van der Waals surface area contributed by atoms with Gasteiger partial charge < -0.3 is 9.15 Å². The summed E-state index contributed by atoms with van der Waals surface area (Å²) in [6, 6.07) is 9.72. The van der Waals surface area contributed by atoms with Gasteiger partial charge in [-0.2, -0.15) is 0 Å². The topological polar surface area (TPSA) is 73.6 Å². The lowest BCUT2D eigenvalue weighted by atomic mass is 9.83. The number of esters is 1. The predicted molar refractivity (Wildman–Crippen MR) is 80.9 cm³/mol. The highest BCUT2D eigenvalue weighted by molar-refractivity contribution is 6.29. The smallest absolute Gasteiger partial charge is 0.341 e. The summed E-state index contributed by atoms with van der Waals surface area (Å²) in [5.74, 6) is -1.03. The Hall–Kier alpha value is -3.21. The summed E-state index contributed by atoms with van der Waals surface area (Å²) >= 11 is 0. The Kier molecular flexibility index (Phi) is 2.72. The van der Waals surface area contributed by atoms with Crippen LogP contribution in [-0.4, -0.2) is 24.6 Å². The van der Waals surface area contributed by atoms with Gasteiger partial charge in [0.1, 0.15) is 17.4 Å². The van der Waals surface area contributed by atoms with E-state index in [2.05, 4.69) is 0 Å². The minimum Gasteiger partial charge on any atom is -0.465 e. The molecule has 0 unspecified atom stereocenters. The van der Waals surface area contributed by atoms with Crippen LogP contribution in [0.1, 0.15) is 42.2 Å². The van der Waals surface area contributed by atoms with Crippen LogP contribution in [0, 0.1) is 0 Å². The second kappa shape index (κ2) is 4.64. The van der Waals surface area contributed by atoms with Crippen molar-refractivity contribution >= 4 is 28.5 Å². The van der Waals surface area contributed by atoms with E-state index in [1.807, 2.05) is 0 Å². The molecule has 1 aromatic heterocycles. The molecule has 4 rings (SSSR count). The lowest BCUT2D eigenvalue weighted by molar-refractivity contribution is 0.0601. The Morgan fingerprint density at radius 2 is 1.57 bits per heavy atom. The number of benzene rings is 2. The number of fused-ring (bicyclic) bond motifs is 3. The molecule has 0 saturated heterocycles. The van der Waals surface area contributed by atoms with Gasteiger partial charge in [-0.3, -0.25) is 9.59 Å². The standard InChI is InChI=1S/C18H10O5/c1-22-18(21)14-8-23-15-7-13-12(6-11(14)15)16(19)9-4-2-3-5-10(9)17(13)20/h2-8H,1H3. The number of hydrogen-bond acceptors (Lipinski definition) is 5. The van der Waals surface area contributed by atoms with E-state index in [-0.39, 0.29) is 28.3 Å². The van der Waals surface area contributed by atoms with E-state index in [0.717, 1.165) is 0 Å². The molecular weight excluding hydrogens is 296 g/mol. The van der Waals surface area contributed by atoms with Crippen molar-refractivity contribution in [1.82, 2.24) is 0 Å². The molecule has 5 nitrogen and oxygen atoms in total. The van der Waals surface area contributed by atoms with Crippen LogP contribution in [-0.2, 0) is 4.74 Å². The monoisotopic (exact) mass is 306 g/mol. The van der Waals surface area contributed by atoms with Gasteiger partial charge in [0.25, 0.3) is 0 Å². The quantitative estimate of drug-likeness (QED) is 0.505. The lowest BCUT2D eigenvalue weighted by Gasteiger charge is -2.17. The van der Waals surface area contributed by atoms with Gasteiger partial charge in [0.05, 0.1) is 7.11 Å². The first-order valence-corrected chi connectivity index (χ1v) is 6.94. The van der Waals surface area contributed by atoms with Crippen molar-refractivity contribution in [2.75, 3.05) is 7.11 Å². The van der Waals surface area contributed by atoms with Crippen LogP contribution in [0.5, 0.6) is 0 Å². The zero-order valence-electron chi connectivity index (χ0n) is 12.1. The first kappa shape index (κ1) is 13.5.